The average molecular weight is 386 g/mol. The molecule has 124 valence electrons. The number of rotatable bonds is 4. The molecule has 4 heteroatoms. The van der Waals surface area contributed by atoms with Gasteiger partial charge < -0.3 is 10.0 Å². The van der Waals surface area contributed by atoms with Crippen molar-refractivity contribution in [2.75, 3.05) is 18.0 Å². The van der Waals surface area contributed by atoms with Crippen molar-refractivity contribution in [1.29, 1.82) is 0 Å². The summed E-state index contributed by atoms with van der Waals surface area (Å²) < 4.78 is 0.994. The lowest BCUT2D eigenvalue weighted by Crippen LogP contribution is -2.35. The summed E-state index contributed by atoms with van der Waals surface area (Å²) in [6, 6.07) is 15.5. The van der Waals surface area contributed by atoms with Gasteiger partial charge in [0.15, 0.2) is 5.78 Å². The summed E-state index contributed by atoms with van der Waals surface area (Å²) in [5, 5.41) is 9.58. The number of ketones is 1. The topological polar surface area (TPSA) is 40.5 Å². The third kappa shape index (κ3) is 4.34. The van der Waals surface area contributed by atoms with E-state index in [1.165, 1.54) is 0 Å². The average Bonchev–Trinajstić information content (AvgIpc) is 2.61. The van der Waals surface area contributed by atoms with Gasteiger partial charge >= 0.3 is 0 Å². The van der Waals surface area contributed by atoms with Gasteiger partial charge in [-0.15, -0.1) is 0 Å². The highest BCUT2D eigenvalue weighted by Crippen LogP contribution is 2.21. The van der Waals surface area contributed by atoms with Gasteiger partial charge in [-0.2, -0.15) is 0 Å². The molecule has 24 heavy (non-hydrogen) atoms. The molecule has 1 heterocycles. The molecule has 0 spiro atoms. The van der Waals surface area contributed by atoms with E-state index in [1.807, 2.05) is 54.6 Å². The number of carbonyl (C=O) groups excluding carboxylic acids is 1. The minimum absolute atomic E-state index is 0.00408. The van der Waals surface area contributed by atoms with Gasteiger partial charge in [0.25, 0.3) is 0 Å². The molecular formula is C20H20BrNO2. The Kier molecular flexibility index (Phi) is 5.48. The number of anilines is 1. The van der Waals surface area contributed by atoms with Crippen LogP contribution < -0.4 is 4.90 Å². The summed E-state index contributed by atoms with van der Waals surface area (Å²) >= 11 is 3.42. The molecule has 0 saturated carbocycles. The minimum Gasteiger partial charge on any atom is -0.393 e. The van der Waals surface area contributed by atoms with E-state index >= 15 is 0 Å². The summed E-state index contributed by atoms with van der Waals surface area (Å²) in [5.74, 6) is -0.00408. The molecule has 0 amide bonds. The van der Waals surface area contributed by atoms with Crippen LogP contribution in [-0.4, -0.2) is 30.1 Å². The highest BCUT2D eigenvalue weighted by molar-refractivity contribution is 9.10. The first-order chi connectivity index (χ1) is 11.6. The number of halogens is 1. The number of piperidine rings is 1. The first kappa shape index (κ1) is 16.9. The number of aliphatic hydroxyl groups is 1. The maximum absolute atomic E-state index is 12.3. The van der Waals surface area contributed by atoms with E-state index in [-0.39, 0.29) is 11.9 Å². The van der Waals surface area contributed by atoms with E-state index in [0.717, 1.165) is 41.7 Å². The van der Waals surface area contributed by atoms with Crippen LogP contribution in [0.1, 0.15) is 28.8 Å². The second-order valence-electron chi connectivity index (χ2n) is 6.02. The number of nitrogens with zero attached hydrogens (tertiary/aromatic N) is 1. The van der Waals surface area contributed by atoms with Crippen molar-refractivity contribution in [3.8, 4) is 0 Å². The Morgan fingerprint density at radius 2 is 1.83 bits per heavy atom. The Balaban J connectivity index is 1.65. The zero-order valence-electron chi connectivity index (χ0n) is 13.4. The van der Waals surface area contributed by atoms with Gasteiger partial charge in [-0.05, 0) is 60.9 Å². The highest BCUT2D eigenvalue weighted by Gasteiger charge is 2.17. The zero-order chi connectivity index (χ0) is 16.9. The van der Waals surface area contributed by atoms with Crippen molar-refractivity contribution in [3.63, 3.8) is 0 Å². The SMILES string of the molecule is O=C(C=Cc1cccc(Br)c1)c1ccc(N2CCC(O)CC2)cc1. The summed E-state index contributed by atoms with van der Waals surface area (Å²) in [5.41, 5.74) is 2.78. The summed E-state index contributed by atoms with van der Waals surface area (Å²) in [4.78, 5) is 14.5. The van der Waals surface area contributed by atoms with Crippen LogP contribution in [0.2, 0.25) is 0 Å². The Labute approximate surface area is 150 Å². The molecule has 1 aliphatic heterocycles. The van der Waals surface area contributed by atoms with Crippen molar-refractivity contribution in [2.24, 2.45) is 0 Å². The number of aliphatic hydroxyl groups excluding tert-OH is 1. The fourth-order valence-corrected chi connectivity index (χ4v) is 3.26. The van der Waals surface area contributed by atoms with E-state index in [4.69, 9.17) is 0 Å². The second-order valence-corrected chi connectivity index (χ2v) is 6.93. The van der Waals surface area contributed by atoms with Crippen molar-refractivity contribution in [1.82, 2.24) is 0 Å². The Hall–Kier alpha value is -1.91. The van der Waals surface area contributed by atoms with Crippen LogP contribution in [0.5, 0.6) is 0 Å². The van der Waals surface area contributed by atoms with Crippen LogP contribution in [0.25, 0.3) is 6.08 Å². The van der Waals surface area contributed by atoms with E-state index in [0.29, 0.717) is 5.56 Å². The monoisotopic (exact) mass is 385 g/mol. The fraction of sp³-hybridized carbons (Fsp3) is 0.250. The Bertz CT molecular complexity index is 732. The standard InChI is InChI=1S/C20H20BrNO2/c21-17-3-1-2-15(14-17)4-9-20(24)16-5-7-18(8-6-16)22-12-10-19(23)11-13-22/h1-9,14,19,23H,10-13H2. The summed E-state index contributed by atoms with van der Waals surface area (Å²) in [7, 11) is 0. The van der Waals surface area contributed by atoms with Gasteiger partial charge in [-0.3, -0.25) is 4.79 Å². The predicted molar refractivity (Wildman–Crippen MR) is 101 cm³/mol. The van der Waals surface area contributed by atoms with Crippen molar-refractivity contribution in [2.45, 2.75) is 18.9 Å². The lowest BCUT2D eigenvalue weighted by Gasteiger charge is -2.31. The van der Waals surface area contributed by atoms with Crippen LogP contribution in [-0.2, 0) is 0 Å². The number of benzene rings is 2. The Morgan fingerprint density at radius 3 is 2.50 bits per heavy atom. The maximum Gasteiger partial charge on any atom is 0.185 e. The van der Waals surface area contributed by atoms with Gasteiger partial charge in [-0.25, -0.2) is 0 Å². The van der Waals surface area contributed by atoms with Crippen LogP contribution >= 0.6 is 15.9 Å². The fourth-order valence-electron chi connectivity index (χ4n) is 2.84. The smallest absolute Gasteiger partial charge is 0.185 e. The molecule has 0 radical (unpaired) electrons. The molecule has 1 aliphatic rings. The molecule has 0 unspecified atom stereocenters. The summed E-state index contributed by atoms with van der Waals surface area (Å²) in [6.45, 7) is 1.72. The number of allylic oxidation sites excluding steroid dienone is 1. The zero-order valence-corrected chi connectivity index (χ0v) is 14.9. The predicted octanol–water partition coefficient (Wildman–Crippen LogP) is 4.31. The van der Waals surface area contributed by atoms with Gasteiger partial charge in [0.05, 0.1) is 6.10 Å². The Morgan fingerprint density at radius 1 is 1.12 bits per heavy atom. The quantitative estimate of drug-likeness (QED) is 0.629. The molecule has 2 aromatic rings. The molecule has 0 atom stereocenters. The van der Waals surface area contributed by atoms with Gasteiger partial charge in [0, 0.05) is 28.8 Å². The molecular weight excluding hydrogens is 366 g/mol. The number of hydrogen-bond donors (Lipinski definition) is 1. The van der Waals surface area contributed by atoms with E-state index < -0.39 is 0 Å². The normalized spacial score (nSPS) is 15.8. The molecule has 1 N–H and O–H groups in total. The van der Waals surface area contributed by atoms with Crippen LogP contribution in [0.3, 0.4) is 0 Å². The molecule has 0 aromatic heterocycles. The van der Waals surface area contributed by atoms with Crippen LogP contribution in [0, 0.1) is 0 Å². The van der Waals surface area contributed by atoms with Crippen molar-refractivity contribution in [3.05, 3.63) is 70.2 Å². The lowest BCUT2D eigenvalue weighted by molar-refractivity contribution is 0.104. The molecule has 3 nitrogen and oxygen atoms in total. The first-order valence-corrected chi connectivity index (χ1v) is 8.92. The van der Waals surface area contributed by atoms with E-state index in [2.05, 4.69) is 20.8 Å². The van der Waals surface area contributed by atoms with Crippen LogP contribution in [0.4, 0.5) is 5.69 Å². The van der Waals surface area contributed by atoms with Crippen molar-refractivity contribution < 1.29 is 9.90 Å². The molecule has 1 saturated heterocycles. The van der Waals surface area contributed by atoms with E-state index in [1.54, 1.807) is 6.08 Å². The highest BCUT2D eigenvalue weighted by atomic mass is 79.9. The largest absolute Gasteiger partial charge is 0.393 e. The van der Waals surface area contributed by atoms with Gasteiger partial charge in [0.2, 0.25) is 0 Å². The van der Waals surface area contributed by atoms with Gasteiger partial charge in [-0.1, -0.05) is 34.1 Å². The first-order valence-electron chi connectivity index (χ1n) is 8.13. The maximum atomic E-state index is 12.3. The molecule has 0 aliphatic carbocycles. The van der Waals surface area contributed by atoms with Crippen molar-refractivity contribution >= 4 is 33.5 Å². The van der Waals surface area contributed by atoms with Crippen LogP contribution in [0.15, 0.2) is 59.1 Å². The number of hydrogen-bond acceptors (Lipinski definition) is 3. The minimum atomic E-state index is -0.176. The van der Waals surface area contributed by atoms with E-state index in [9.17, 15) is 9.90 Å². The summed E-state index contributed by atoms with van der Waals surface area (Å²) in [6.07, 6.45) is 4.86. The molecule has 2 aromatic carbocycles. The third-order valence-corrected chi connectivity index (χ3v) is 4.75. The lowest BCUT2D eigenvalue weighted by atomic mass is 10.1. The second kappa shape index (κ2) is 7.77. The third-order valence-electron chi connectivity index (χ3n) is 4.26. The molecule has 0 bridgehead atoms. The van der Waals surface area contributed by atoms with Gasteiger partial charge in [0.1, 0.15) is 0 Å². The molecule has 1 fully saturated rings. The number of carbonyl (C=O) groups is 1. The molecule has 3 rings (SSSR count).